The predicted octanol–water partition coefficient (Wildman–Crippen LogP) is 2.09. The Labute approximate surface area is 101 Å². The van der Waals surface area contributed by atoms with E-state index in [9.17, 15) is 0 Å². The first-order valence-electron chi connectivity index (χ1n) is 5.83. The molecule has 0 radical (unpaired) electrons. The van der Waals surface area contributed by atoms with Crippen molar-refractivity contribution in [2.24, 2.45) is 0 Å². The van der Waals surface area contributed by atoms with Crippen LogP contribution < -0.4 is 10.5 Å². The molecule has 2 rings (SSSR count). The van der Waals surface area contributed by atoms with Crippen LogP contribution in [0.3, 0.4) is 0 Å². The molecule has 0 aliphatic carbocycles. The maximum absolute atomic E-state index is 8.72. The molecule has 1 heterocycles. The molecule has 90 valence electrons. The fourth-order valence-electron chi connectivity index (χ4n) is 1.87. The van der Waals surface area contributed by atoms with Crippen LogP contribution in [0, 0.1) is 11.3 Å². The minimum absolute atomic E-state index is 0.166. The molecule has 0 aromatic heterocycles. The van der Waals surface area contributed by atoms with E-state index in [2.05, 4.69) is 0 Å². The number of nitriles is 1. The number of anilines is 1. The molecule has 1 fully saturated rings. The Balaban J connectivity index is 1.92. The first-order valence-corrected chi connectivity index (χ1v) is 5.83. The van der Waals surface area contributed by atoms with Gasteiger partial charge in [-0.2, -0.15) is 5.26 Å². The maximum Gasteiger partial charge on any atom is 0.142 e. The molecule has 4 heteroatoms. The Morgan fingerprint density at radius 2 is 2.35 bits per heavy atom. The van der Waals surface area contributed by atoms with Gasteiger partial charge in [0.15, 0.2) is 0 Å². The molecule has 1 saturated heterocycles. The molecule has 1 atom stereocenters. The summed E-state index contributed by atoms with van der Waals surface area (Å²) in [7, 11) is 0. The molecule has 1 aromatic rings. The molecule has 4 nitrogen and oxygen atoms in total. The number of nitrogens with two attached hydrogens (primary N) is 1. The van der Waals surface area contributed by atoms with Crippen LogP contribution >= 0.6 is 0 Å². The molecule has 1 aromatic carbocycles. The summed E-state index contributed by atoms with van der Waals surface area (Å²) in [5.41, 5.74) is 6.84. The Bertz CT molecular complexity index is 420. The highest BCUT2D eigenvalue weighted by Crippen LogP contribution is 2.23. The summed E-state index contributed by atoms with van der Waals surface area (Å²) >= 11 is 0. The standard InChI is InChI=1S/C13H16N2O2/c14-8-10-4-5-13(12(15)7-10)17-9-11-3-1-2-6-16-11/h4-5,7,11H,1-3,6,9,15H2. The van der Waals surface area contributed by atoms with Crippen LogP contribution in [0.4, 0.5) is 5.69 Å². The van der Waals surface area contributed by atoms with Crippen molar-refractivity contribution in [2.75, 3.05) is 18.9 Å². The number of hydrogen-bond donors (Lipinski definition) is 1. The second kappa shape index (κ2) is 5.55. The van der Waals surface area contributed by atoms with Crippen molar-refractivity contribution in [1.82, 2.24) is 0 Å². The first-order chi connectivity index (χ1) is 8.29. The van der Waals surface area contributed by atoms with Crippen LogP contribution in [-0.2, 0) is 4.74 Å². The summed E-state index contributed by atoms with van der Waals surface area (Å²) in [6, 6.07) is 7.10. The molecule has 1 aliphatic heterocycles. The largest absolute Gasteiger partial charge is 0.489 e. The highest BCUT2D eigenvalue weighted by molar-refractivity contribution is 5.56. The molecular formula is C13H16N2O2. The van der Waals surface area contributed by atoms with Crippen molar-refractivity contribution in [3.63, 3.8) is 0 Å². The van der Waals surface area contributed by atoms with Gasteiger partial charge in [0.05, 0.1) is 23.4 Å². The summed E-state index contributed by atoms with van der Waals surface area (Å²) < 4.78 is 11.2. The van der Waals surface area contributed by atoms with Gasteiger partial charge in [-0.05, 0) is 37.5 Å². The van der Waals surface area contributed by atoms with Gasteiger partial charge in [0.2, 0.25) is 0 Å². The molecule has 1 aliphatic rings. The normalized spacial score (nSPS) is 19.6. The smallest absolute Gasteiger partial charge is 0.142 e. The number of nitrogen functional groups attached to an aromatic ring is 1. The van der Waals surface area contributed by atoms with Crippen LogP contribution in [0.15, 0.2) is 18.2 Å². The van der Waals surface area contributed by atoms with Crippen LogP contribution in [0.1, 0.15) is 24.8 Å². The van der Waals surface area contributed by atoms with Gasteiger partial charge >= 0.3 is 0 Å². The van der Waals surface area contributed by atoms with E-state index in [1.165, 1.54) is 6.42 Å². The van der Waals surface area contributed by atoms with Crippen molar-refractivity contribution in [3.8, 4) is 11.8 Å². The molecule has 0 bridgehead atoms. The van der Waals surface area contributed by atoms with E-state index in [1.54, 1.807) is 18.2 Å². The summed E-state index contributed by atoms with van der Waals surface area (Å²) in [4.78, 5) is 0. The van der Waals surface area contributed by atoms with E-state index in [0.717, 1.165) is 19.4 Å². The first kappa shape index (κ1) is 11.7. The van der Waals surface area contributed by atoms with E-state index < -0.39 is 0 Å². The van der Waals surface area contributed by atoms with Crippen molar-refractivity contribution in [3.05, 3.63) is 23.8 Å². The summed E-state index contributed by atoms with van der Waals surface area (Å²) in [6.45, 7) is 1.34. The highest BCUT2D eigenvalue weighted by Gasteiger charge is 2.14. The van der Waals surface area contributed by atoms with Gasteiger partial charge in [0, 0.05) is 6.61 Å². The highest BCUT2D eigenvalue weighted by atomic mass is 16.5. The third-order valence-corrected chi connectivity index (χ3v) is 2.84. The lowest BCUT2D eigenvalue weighted by atomic mass is 10.1. The monoisotopic (exact) mass is 232 g/mol. The van der Waals surface area contributed by atoms with Gasteiger partial charge in [-0.1, -0.05) is 0 Å². The lowest BCUT2D eigenvalue weighted by Crippen LogP contribution is -2.25. The number of nitrogens with zero attached hydrogens (tertiary/aromatic N) is 1. The fourth-order valence-corrected chi connectivity index (χ4v) is 1.87. The number of hydrogen-bond acceptors (Lipinski definition) is 4. The summed E-state index contributed by atoms with van der Waals surface area (Å²) in [5.74, 6) is 0.623. The number of benzene rings is 1. The van der Waals surface area contributed by atoms with Gasteiger partial charge < -0.3 is 15.2 Å². The number of ether oxygens (including phenoxy) is 2. The molecule has 2 N–H and O–H groups in total. The van der Waals surface area contributed by atoms with Crippen LogP contribution in [0.5, 0.6) is 5.75 Å². The Hall–Kier alpha value is -1.73. The van der Waals surface area contributed by atoms with E-state index >= 15 is 0 Å². The van der Waals surface area contributed by atoms with E-state index in [1.807, 2.05) is 6.07 Å². The molecular weight excluding hydrogens is 216 g/mol. The van der Waals surface area contributed by atoms with Crippen LogP contribution in [0.2, 0.25) is 0 Å². The average Bonchev–Trinajstić information content (AvgIpc) is 2.38. The zero-order chi connectivity index (χ0) is 12.1. The van der Waals surface area contributed by atoms with Crippen LogP contribution in [0.25, 0.3) is 0 Å². The minimum Gasteiger partial charge on any atom is -0.489 e. The summed E-state index contributed by atoms with van der Waals surface area (Å²) in [5, 5.41) is 8.72. The topological polar surface area (TPSA) is 68.3 Å². The second-order valence-corrected chi connectivity index (χ2v) is 4.16. The van der Waals surface area contributed by atoms with Gasteiger partial charge in [0.1, 0.15) is 12.4 Å². The SMILES string of the molecule is N#Cc1ccc(OCC2CCCCO2)c(N)c1. The second-order valence-electron chi connectivity index (χ2n) is 4.16. The lowest BCUT2D eigenvalue weighted by Gasteiger charge is -2.22. The van der Waals surface area contributed by atoms with Gasteiger partial charge in [-0.3, -0.25) is 0 Å². The van der Waals surface area contributed by atoms with E-state index in [0.29, 0.717) is 23.6 Å². The van der Waals surface area contributed by atoms with Gasteiger partial charge in [-0.25, -0.2) is 0 Å². The molecule has 17 heavy (non-hydrogen) atoms. The van der Waals surface area contributed by atoms with Gasteiger partial charge in [-0.15, -0.1) is 0 Å². The zero-order valence-electron chi connectivity index (χ0n) is 9.69. The number of rotatable bonds is 3. The zero-order valence-corrected chi connectivity index (χ0v) is 9.69. The Morgan fingerprint density at radius 3 is 3.00 bits per heavy atom. The predicted molar refractivity (Wildman–Crippen MR) is 64.7 cm³/mol. The van der Waals surface area contributed by atoms with E-state index in [-0.39, 0.29) is 6.10 Å². The Kier molecular flexibility index (Phi) is 3.84. The van der Waals surface area contributed by atoms with Crippen molar-refractivity contribution >= 4 is 5.69 Å². The average molecular weight is 232 g/mol. The van der Waals surface area contributed by atoms with E-state index in [4.69, 9.17) is 20.5 Å². The molecule has 0 amide bonds. The minimum atomic E-state index is 0.166. The van der Waals surface area contributed by atoms with Crippen LogP contribution in [-0.4, -0.2) is 19.3 Å². The molecule has 1 unspecified atom stereocenters. The molecule has 0 saturated carbocycles. The quantitative estimate of drug-likeness (QED) is 0.810. The maximum atomic E-state index is 8.72. The van der Waals surface area contributed by atoms with Crippen molar-refractivity contribution < 1.29 is 9.47 Å². The van der Waals surface area contributed by atoms with Crippen molar-refractivity contribution in [1.29, 1.82) is 5.26 Å². The third kappa shape index (κ3) is 3.11. The van der Waals surface area contributed by atoms with Crippen molar-refractivity contribution in [2.45, 2.75) is 25.4 Å². The fraction of sp³-hybridized carbons (Fsp3) is 0.462. The molecule has 0 spiro atoms. The summed E-state index contributed by atoms with van der Waals surface area (Å²) in [6.07, 6.45) is 3.53. The van der Waals surface area contributed by atoms with Gasteiger partial charge in [0.25, 0.3) is 0 Å². The lowest BCUT2D eigenvalue weighted by molar-refractivity contribution is -0.0109. The third-order valence-electron chi connectivity index (χ3n) is 2.84. The Morgan fingerprint density at radius 1 is 1.47 bits per heavy atom.